The molecule has 1 unspecified atom stereocenters. The molecular weight excluding hydrogens is 256 g/mol. The first-order valence-electron chi connectivity index (χ1n) is 6.56. The van der Waals surface area contributed by atoms with E-state index in [1.54, 1.807) is 6.92 Å². The summed E-state index contributed by atoms with van der Waals surface area (Å²) in [5, 5.41) is -1.43. The Morgan fingerprint density at radius 1 is 1.11 bits per heavy atom. The van der Waals surface area contributed by atoms with E-state index in [0.717, 1.165) is 25.7 Å². The van der Waals surface area contributed by atoms with Crippen LogP contribution in [0.25, 0.3) is 0 Å². The monoisotopic (exact) mass is 280 g/mol. The lowest BCUT2D eigenvalue weighted by molar-refractivity contribution is -0.142. The van der Waals surface area contributed by atoms with Crippen LogP contribution in [-0.2, 0) is 19.6 Å². The average molecular weight is 280 g/mol. The average Bonchev–Trinajstić information content (AvgIpc) is 2.26. The fourth-order valence-corrected chi connectivity index (χ4v) is 2.51. The highest BCUT2D eigenvalue weighted by atomic mass is 32.2. The van der Waals surface area contributed by atoms with Crippen LogP contribution in [0.1, 0.15) is 58.8 Å². The Hall–Kier alpha value is -0.620. The van der Waals surface area contributed by atoms with Gasteiger partial charge in [0.1, 0.15) is 0 Å². The van der Waals surface area contributed by atoms with Crippen molar-refractivity contribution in [2.24, 2.45) is 0 Å². The predicted octanol–water partition coefficient (Wildman–Crippen LogP) is 2.56. The minimum absolute atomic E-state index is 0.112. The highest BCUT2D eigenvalue weighted by Crippen LogP contribution is 2.14. The van der Waals surface area contributed by atoms with Crippen molar-refractivity contribution in [1.29, 1.82) is 0 Å². The molecule has 0 saturated carbocycles. The molecule has 0 heterocycles. The number of ether oxygens (including phenoxy) is 1. The molecule has 0 aromatic rings. The van der Waals surface area contributed by atoms with E-state index in [9.17, 15) is 13.2 Å². The Morgan fingerprint density at radius 3 is 2.17 bits per heavy atom. The molecule has 0 aromatic carbocycles. The van der Waals surface area contributed by atoms with Crippen LogP contribution in [0.15, 0.2) is 0 Å². The van der Waals surface area contributed by atoms with Crippen LogP contribution < -0.4 is 0 Å². The maximum Gasteiger partial charge on any atom is 0.326 e. The van der Waals surface area contributed by atoms with Gasteiger partial charge in [-0.1, -0.05) is 45.4 Å². The van der Waals surface area contributed by atoms with E-state index in [-0.39, 0.29) is 13.0 Å². The first-order chi connectivity index (χ1) is 8.43. The van der Waals surface area contributed by atoms with Gasteiger partial charge in [0, 0.05) is 0 Å². The number of unbranched alkanes of at least 4 members (excludes halogenated alkanes) is 5. The molecule has 0 spiro atoms. The van der Waals surface area contributed by atoms with Crippen molar-refractivity contribution >= 4 is 16.1 Å². The lowest BCUT2D eigenvalue weighted by Crippen LogP contribution is -2.31. The van der Waals surface area contributed by atoms with Crippen molar-refractivity contribution in [1.82, 2.24) is 0 Å². The van der Waals surface area contributed by atoms with E-state index >= 15 is 0 Å². The second kappa shape index (κ2) is 9.33. The van der Waals surface area contributed by atoms with Crippen molar-refractivity contribution in [2.75, 3.05) is 6.61 Å². The number of hydrogen-bond donors (Lipinski definition) is 1. The molecule has 0 aliphatic heterocycles. The zero-order chi connectivity index (χ0) is 14.0. The third-order valence-electron chi connectivity index (χ3n) is 2.73. The zero-order valence-corrected chi connectivity index (χ0v) is 12.0. The Bertz CT molecular complexity index is 323. The molecule has 108 valence electrons. The van der Waals surface area contributed by atoms with Gasteiger partial charge in [-0.2, -0.15) is 8.42 Å². The Morgan fingerprint density at radius 2 is 1.67 bits per heavy atom. The van der Waals surface area contributed by atoms with Crippen molar-refractivity contribution in [3.8, 4) is 0 Å². The largest absolute Gasteiger partial charge is 0.465 e. The van der Waals surface area contributed by atoms with Gasteiger partial charge in [-0.15, -0.1) is 0 Å². The minimum atomic E-state index is -4.36. The third-order valence-corrected chi connectivity index (χ3v) is 3.88. The lowest BCUT2D eigenvalue weighted by atomic mass is 10.1. The predicted molar refractivity (Wildman–Crippen MR) is 70.0 cm³/mol. The van der Waals surface area contributed by atoms with Crippen LogP contribution in [0.3, 0.4) is 0 Å². The molecular formula is C12H24O5S. The molecule has 5 nitrogen and oxygen atoms in total. The van der Waals surface area contributed by atoms with E-state index in [1.807, 2.05) is 0 Å². The van der Waals surface area contributed by atoms with Gasteiger partial charge in [0.15, 0.2) is 5.25 Å². The van der Waals surface area contributed by atoms with E-state index in [2.05, 4.69) is 11.7 Å². The highest BCUT2D eigenvalue weighted by Gasteiger charge is 2.31. The maximum atomic E-state index is 11.4. The van der Waals surface area contributed by atoms with E-state index in [1.165, 1.54) is 6.42 Å². The van der Waals surface area contributed by atoms with Gasteiger partial charge in [-0.25, -0.2) is 0 Å². The second-order valence-corrected chi connectivity index (χ2v) is 5.91. The minimum Gasteiger partial charge on any atom is -0.465 e. The molecule has 1 N–H and O–H groups in total. The van der Waals surface area contributed by atoms with Crippen LogP contribution in [-0.4, -0.2) is 30.8 Å². The van der Waals surface area contributed by atoms with Crippen LogP contribution in [0, 0.1) is 0 Å². The van der Waals surface area contributed by atoms with Crippen LogP contribution in [0.2, 0.25) is 0 Å². The van der Waals surface area contributed by atoms with Crippen molar-refractivity contribution < 1.29 is 22.5 Å². The van der Waals surface area contributed by atoms with E-state index < -0.39 is 21.3 Å². The SMILES string of the molecule is CCCCCCCCC(C(=O)OCC)S(=O)(=O)O. The van der Waals surface area contributed by atoms with Gasteiger partial charge >= 0.3 is 5.97 Å². The van der Waals surface area contributed by atoms with Gasteiger partial charge in [-0.05, 0) is 13.3 Å². The molecule has 0 bridgehead atoms. The number of carbonyl (C=O) groups excluding carboxylic acids is 1. The summed E-state index contributed by atoms with van der Waals surface area (Å²) in [5.41, 5.74) is 0. The summed E-state index contributed by atoms with van der Waals surface area (Å²) in [6.45, 7) is 3.83. The van der Waals surface area contributed by atoms with Crippen LogP contribution in [0.5, 0.6) is 0 Å². The Balaban J connectivity index is 4.08. The summed E-state index contributed by atoms with van der Waals surface area (Å²) in [6.07, 6.45) is 6.06. The smallest absolute Gasteiger partial charge is 0.326 e. The third kappa shape index (κ3) is 7.66. The summed E-state index contributed by atoms with van der Waals surface area (Å²) < 4.78 is 35.8. The van der Waals surface area contributed by atoms with Gasteiger partial charge in [-0.3, -0.25) is 9.35 Å². The molecule has 0 amide bonds. The van der Waals surface area contributed by atoms with Crippen LogP contribution in [0.4, 0.5) is 0 Å². The molecule has 0 aliphatic rings. The Kier molecular flexibility index (Phi) is 9.01. The quantitative estimate of drug-likeness (QED) is 0.378. The first kappa shape index (κ1) is 17.4. The molecule has 1 atom stereocenters. The van der Waals surface area contributed by atoms with Gasteiger partial charge in [0.05, 0.1) is 6.61 Å². The fraction of sp³-hybridized carbons (Fsp3) is 0.917. The number of rotatable bonds is 10. The van der Waals surface area contributed by atoms with Crippen LogP contribution >= 0.6 is 0 Å². The van der Waals surface area contributed by atoms with Gasteiger partial charge in [0.2, 0.25) is 0 Å². The summed E-state index contributed by atoms with van der Waals surface area (Å²) in [7, 11) is -4.36. The second-order valence-electron chi connectivity index (χ2n) is 4.31. The van der Waals surface area contributed by atoms with E-state index in [4.69, 9.17) is 4.55 Å². The normalized spacial score (nSPS) is 13.3. The lowest BCUT2D eigenvalue weighted by Gasteiger charge is -2.12. The highest BCUT2D eigenvalue weighted by molar-refractivity contribution is 7.87. The zero-order valence-electron chi connectivity index (χ0n) is 11.2. The van der Waals surface area contributed by atoms with Crippen molar-refractivity contribution in [3.05, 3.63) is 0 Å². The molecule has 0 radical (unpaired) electrons. The maximum absolute atomic E-state index is 11.4. The van der Waals surface area contributed by atoms with E-state index in [0.29, 0.717) is 6.42 Å². The molecule has 6 heteroatoms. The number of esters is 1. The fourth-order valence-electron chi connectivity index (χ4n) is 1.73. The molecule has 18 heavy (non-hydrogen) atoms. The summed E-state index contributed by atoms with van der Waals surface area (Å²) in [4.78, 5) is 11.4. The van der Waals surface area contributed by atoms with Crippen molar-refractivity contribution in [3.63, 3.8) is 0 Å². The molecule has 0 rings (SSSR count). The molecule has 0 aromatic heterocycles. The molecule has 0 aliphatic carbocycles. The topological polar surface area (TPSA) is 80.7 Å². The summed E-state index contributed by atoms with van der Waals surface area (Å²) in [5.74, 6) is -0.853. The summed E-state index contributed by atoms with van der Waals surface area (Å²) in [6, 6.07) is 0. The number of carbonyl (C=O) groups is 1. The molecule has 0 fully saturated rings. The number of hydrogen-bond acceptors (Lipinski definition) is 4. The van der Waals surface area contributed by atoms with Gasteiger partial charge in [0.25, 0.3) is 10.1 Å². The standard InChI is InChI=1S/C12H24O5S/c1-3-5-6-7-8-9-10-11(18(14,15)16)12(13)17-4-2/h11H,3-10H2,1-2H3,(H,14,15,16). The van der Waals surface area contributed by atoms with Gasteiger partial charge < -0.3 is 4.74 Å². The summed E-state index contributed by atoms with van der Waals surface area (Å²) >= 11 is 0. The molecule has 0 saturated heterocycles. The Labute approximate surface area is 110 Å². The van der Waals surface area contributed by atoms with Crippen molar-refractivity contribution in [2.45, 2.75) is 64.0 Å². The first-order valence-corrected chi connectivity index (χ1v) is 8.06.